The fourth-order valence-corrected chi connectivity index (χ4v) is 3.72. The van der Waals surface area contributed by atoms with Gasteiger partial charge in [0.2, 0.25) is 5.88 Å². The van der Waals surface area contributed by atoms with Gasteiger partial charge in [0.15, 0.2) is 0 Å². The lowest BCUT2D eigenvalue weighted by Crippen LogP contribution is -2.24. The smallest absolute Gasteiger partial charge is 0.218 e. The first-order chi connectivity index (χ1) is 11.5. The molecule has 0 spiro atoms. The molecule has 1 aliphatic heterocycles. The zero-order valence-corrected chi connectivity index (χ0v) is 15.4. The predicted molar refractivity (Wildman–Crippen MR) is 94.7 cm³/mol. The zero-order valence-electron chi connectivity index (χ0n) is 14.7. The summed E-state index contributed by atoms with van der Waals surface area (Å²) in [5, 5.41) is 5.41. The lowest BCUT2D eigenvalue weighted by Gasteiger charge is -2.26. The van der Waals surface area contributed by atoms with Crippen LogP contribution in [0.3, 0.4) is 0 Å². The molecular formula is C17H24ClN5O. The average molecular weight is 350 g/mol. The molecule has 0 aliphatic carbocycles. The molecule has 3 heterocycles. The molecule has 0 saturated carbocycles. The van der Waals surface area contributed by atoms with Crippen LogP contribution in [-0.4, -0.2) is 33.4 Å². The van der Waals surface area contributed by atoms with Crippen molar-refractivity contribution in [1.29, 1.82) is 0 Å². The molecule has 0 aromatic carbocycles. The van der Waals surface area contributed by atoms with Gasteiger partial charge in [0, 0.05) is 24.7 Å². The Kier molecular flexibility index (Phi) is 4.94. The van der Waals surface area contributed by atoms with Crippen LogP contribution in [0.15, 0.2) is 12.4 Å². The summed E-state index contributed by atoms with van der Waals surface area (Å²) in [5.74, 6) is 1.95. The number of anilines is 1. The first-order valence-electron chi connectivity index (χ1n) is 8.36. The molecule has 0 radical (unpaired) electrons. The molecule has 0 amide bonds. The minimum Gasteiger partial charge on any atom is -0.481 e. The summed E-state index contributed by atoms with van der Waals surface area (Å²) in [6.07, 6.45) is 3.68. The van der Waals surface area contributed by atoms with E-state index in [1.807, 2.05) is 17.7 Å². The highest BCUT2D eigenvalue weighted by atomic mass is 35.5. The van der Waals surface area contributed by atoms with Crippen molar-refractivity contribution in [2.24, 2.45) is 5.92 Å². The maximum atomic E-state index is 6.68. The Balaban J connectivity index is 1.94. The van der Waals surface area contributed by atoms with Crippen LogP contribution < -0.4 is 9.64 Å². The van der Waals surface area contributed by atoms with E-state index >= 15 is 0 Å². The van der Waals surface area contributed by atoms with E-state index in [1.165, 1.54) is 0 Å². The van der Waals surface area contributed by atoms with Crippen LogP contribution in [0.25, 0.3) is 0 Å². The van der Waals surface area contributed by atoms with Crippen molar-refractivity contribution in [3.05, 3.63) is 28.8 Å². The zero-order chi connectivity index (χ0) is 17.3. The summed E-state index contributed by atoms with van der Waals surface area (Å²) < 4.78 is 7.15. The second-order valence-electron chi connectivity index (χ2n) is 6.64. The molecular weight excluding hydrogens is 326 g/mol. The molecule has 1 saturated heterocycles. The average Bonchev–Trinajstić information content (AvgIpc) is 3.12. The lowest BCUT2D eigenvalue weighted by molar-refractivity contribution is 0.396. The third-order valence-corrected chi connectivity index (χ3v) is 4.76. The highest BCUT2D eigenvalue weighted by Gasteiger charge is 2.32. The van der Waals surface area contributed by atoms with Crippen molar-refractivity contribution < 1.29 is 4.74 Å². The number of hydrogen-bond donors (Lipinski definition) is 0. The van der Waals surface area contributed by atoms with Gasteiger partial charge in [-0.1, -0.05) is 25.4 Å². The van der Waals surface area contributed by atoms with Crippen LogP contribution in [-0.2, 0) is 6.54 Å². The molecule has 1 aliphatic rings. The number of halogens is 1. The Bertz CT molecular complexity index is 715. The summed E-state index contributed by atoms with van der Waals surface area (Å²) in [7, 11) is 1.62. The van der Waals surface area contributed by atoms with Gasteiger partial charge in [0.25, 0.3) is 0 Å². The molecule has 0 N–H and O–H groups in total. The first kappa shape index (κ1) is 17.0. The lowest BCUT2D eigenvalue weighted by atomic mass is 10.1. The van der Waals surface area contributed by atoms with Crippen LogP contribution in [0.1, 0.15) is 44.0 Å². The molecule has 2 aromatic rings. The SMILES string of the molecule is COc1cc(N2CCCC2c2c(C)nn(CC(C)C)c2Cl)ncn1. The standard InChI is InChI=1S/C17H24ClN5O/c1-11(2)9-23-17(18)16(12(3)21-23)13-6-5-7-22(13)14-8-15(24-4)20-10-19-14/h8,10-11,13H,5-7,9H2,1-4H3. The van der Waals surface area contributed by atoms with Gasteiger partial charge in [-0.2, -0.15) is 5.10 Å². The Hall–Kier alpha value is -1.82. The fourth-order valence-electron chi connectivity index (χ4n) is 3.35. The number of aryl methyl sites for hydroxylation is 1. The summed E-state index contributed by atoms with van der Waals surface area (Å²) >= 11 is 6.68. The van der Waals surface area contributed by atoms with Crippen molar-refractivity contribution in [3.63, 3.8) is 0 Å². The van der Waals surface area contributed by atoms with Crippen LogP contribution >= 0.6 is 11.6 Å². The Morgan fingerprint density at radius 2 is 2.17 bits per heavy atom. The normalized spacial score (nSPS) is 17.8. The van der Waals surface area contributed by atoms with E-state index < -0.39 is 0 Å². The molecule has 2 aromatic heterocycles. The quantitative estimate of drug-likeness (QED) is 0.824. The third-order valence-electron chi connectivity index (χ3n) is 4.36. The topological polar surface area (TPSA) is 56.1 Å². The summed E-state index contributed by atoms with van der Waals surface area (Å²) in [4.78, 5) is 10.8. The first-order valence-corrected chi connectivity index (χ1v) is 8.74. The minimum absolute atomic E-state index is 0.193. The van der Waals surface area contributed by atoms with E-state index in [4.69, 9.17) is 16.3 Å². The largest absolute Gasteiger partial charge is 0.481 e. The van der Waals surface area contributed by atoms with Crippen LogP contribution in [0, 0.1) is 12.8 Å². The third kappa shape index (κ3) is 3.20. The van der Waals surface area contributed by atoms with E-state index in [9.17, 15) is 0 Å². The van der Waals surface area contributed by atoms with Gasteiger partial charge in [0.1, 0.15) is 17.3 Å². The number of nitrogens with zero attached hydrogens (tertiary/aromatic N) is 5. The van der Waals surface area contributed by atoms with E-state index in [2.05, 4.69) is 33.8 Å². The van der Waals surface area contributed by atoms with Gasteiger partial charge in [-0.3, -0.25) is 4.68 Å². The number of rotatable bonds is 5. The molecule has 0 bridgehead atoms. The number of hydrogen-bond acceptors (Lipinski definition) is 5. The molecule has 7 heteroatoms. The van der Waals surface area contributed by atoms with Gasteiger partial charge in [-0.15, -0.1) is 0 Å². The molecule has 1 fully saturated rings. The maximum Gasteiger partial charge on any atom is 0.218 e. The second kappa shape index (κ2) is 6.97. The minimum atomic E-state index is 0.193. The molecule has 1 unspecified atom stereocenters. The van der Waals surface area contributed by atoms with Gasteiger partial charge >= 0.3 is 0 Å². The highest BCUT2D eigenvalue weighted by molar-refractivity contribution is 6.30. The van der Waals surface area contributed by atoms with Crippen molar-refractivity contribution >= 4 is 17.4 Å². The van der Waals surface area contributed by atoms with Crippen molar-refractivity contribution in [2.75, 3.05) is 18.6 Å². The summed E-state index contributed by atoms with van der Waals surface area (Å²) in [6.45, 7) is 8.14. The van der Waals surface area contributed by atoms with Crippen LogP contribution in [0.4, 0.5) is 5.82 Å². The Labute approximate surface area is 147 Å². The number of ether oxygens (including phenoxy) is 1. The second-order valence-corrected chi connectivity index (χ2v) is 6.99. The summed E-state index contributed by atoms with van der Waals surface area (Å²) in [5.41, 5.74) is 2.12. The monoisotopic (exact) mass is 349 g/mol. The predicted octanol–water partition coefficient (Wildman–Crippen LogP) is 3.64. The van der Waals surface area contributed by atoms with Crippen molar-refractivity contribution in [2.45, 2.75) is 46.2 Å². The molecule has 1 atom stereocenters. The van der Waals surface area contributed by atoms with E-state index in [0.29, 0.717) is 11.8 Å². The van der Waals surface area contributed by atoms with Crippen LogP contribution in [0.2, 0.25) is 5.15 Å². The van der Waals surface area contributed by atoms with Gasteiger partial charge in [-0.25, -0.2) is 9.97 Å². The fraction of sp³-hybridized carbons (Fsp3) is 0.588. The maximum absolute atomic E-state index is 6.68. The summed E-state index contributed by atoms with van der Waals surface area (Å²) in [6, 6.07) is 2.07. The number of aromatic nitrogens is 4. The number of methoxy groups -OCH3 is 1. The molecule has 130 valence electrons. The Morgan fingerprint density at radius 3 is 2.88 bits per heavy atom. The van der Waals surface area contributed by atoms with Gasteiger partial charge < -0.3 is 9.64 Å². The van der Waals surface area contributed by atoms with E-state index in [0.717, 1.165) is 48.2 Å². The molecule has 6 nitrogen and oxygen atoms in total. The van der Waals surface area contributed by atoms with E-state index in [1.54, 1.807) is 13.4 Å². The van der Waals surface area contributed by atoms with Crippen LogP contribution in [0.5, 0.6) is 5.88 Å². The highest BCUT2D eigenvalue weighted by Crippen LogP contribution is 2.40. The van der Waals surface area contributed by atoms with Gasteiger partial charge in [-0.05, 0) is 25.7 Å². The van der Waals surface area contributed by atoms with Gasteiger partial charge in [0.05, 0.1) is 18.8 Å². The van der Waals surface area contributed by atoms with Crippen molar-refractivity contribution in [1.82, 2.24) is 19.7 Å². The Morgan fingerprint density at radius 1 is 1.38 bits per heavy atom. The molecule has 24 heavy (non-hydrogen) atoms. The molecule has 3 rings (SSSR count). The van der Waals surface area contributed by atoms with Crippen molar-refractivity contribution in [3.8, 4) is 5.88 Å². The van der Waals surface area contributed by atoms with E-state index in [-0.39, 0.29) is 6.04 Å².